The van der Waals surface area contributed by atoms with Crippen LogP contribution in [0.15, 0.2) is 41.3 Å². The highest BCUT2D eigenvalue weighted by atomic mass is 35.5. The number of nitrogens with one attached hydrogen (secondary N) is 2. The van der Waals surface area contributed by atoms with Crippen molar-refractivity contribution < 1.29 is 19.1 Å². The molecule has 2 amide bonds. The third-order valence-electron chi connectivity index (χ3n) is 4.01. The molecule has 1 atom stereocenters. The Morgan fingerprint density at radius 2 is 1.83 bits per heavy atom. The van der Waals surface area contributed by atoms with Crippen LogP contribution in [0.2, 0.25) is 5.02 Å². The Bertz CT molecular complexity index is 876. The van der Waals surface area contributed by atoms with Gasteiger partial charge in [0.15, 0.2) is 0 Å². The first-order valence-electron chi connectivity index (χ1n) is 9.16. The second kappa shape index (κ2) is 11.0. The average Bonchev–Trinajstić information content (AvgIpc) is 2.68. The van der Waals surface area contributed by atoms with Crippen LogP contribution in [-0.4, -0.2) is 31.3 Å². The molecule has 0 aromatic heterocycles. The van der Waals surface area contributed by atoms with Crippen LogP contribution >= 0.6 is 23.4 Å². The number of methoxy groups -OCH3 is 2. The number of carbonyl (C=O) groups excluding carboxylic acids is 2. The number of hydrogen-bond donors (Lipinski definition) is 2. The molecule has 0 spiro atoms. The number of anilines is 2. The van der Waals surface area contributed by atoms with Crippen LogP contribution in [0, 0.1) is 0 Å². The lowest BCUT2D eigenvalue weighted by Crippen LogP contribution is -2.22. The van der Waals surface area contributed by atoms with E-state index in [2.05, 4.69) is 10.6 Å². The minimum absolute atomic E-state index is 0.0241. The number of halogens is 1. The third-order valence-corrected chi connectivity index (χ3v) is 5.40. The molecule has 0 saturated heterocycles. The molecule has 0 radical (unpaired) electrons. The zero-order chi connectivity index (χ0) is 21.4. The van der Waals surface area contributed by atoms with Crippen molar-refractivity contribution in [2.75, 3.05) is 24.9 Å². The summed E-state index contributed by atoms with van der Waals surface area (Å²) in [6.07, 6.45) is 1.26. The van der Waals surface area contributed by atoms with Crippen LogP contribution in [0.3, 0.4) is 0 Å². The molecule has 0 heterocycles. The summed E-state index contributed by atoms with van der Waals surface area (Å²) < 4.78 is 10.5. The lowest BCUT2D eigenvalue weighted by atomic mass is 10.2. The number of benzene rings is 2. The van der Waals surface area contributed by atoms with Crippen molar-refractivity contribution in [3.8, 4) is 11.5 Å². The van der Waals surface area contributed by atoms with Gasteiger partial charge in [-0.25, -0.2) is 0 Å². The molecule has 0 fully saturated rings. The first kappa shape index (κ1) is 22.9. The van der Waals surface area contributed by atoms with Gasteiger partial charge in [0.05, 0.1) is 30.2 Å². The topological polar surface area (TPSA) is 76.7 Å². The highest BCUT2D eigenvalue weighted by Gasteiger charge is 2.18. The molecular formula is C21H25ClN2O4S. The maximum Gasteiger partial charge on any atom is 0.237 e. The van der Waals surface area contributed by atoms with E-state index in [0.29, 0.717) is 34.3 Å². The highest BCUT2D eigenvalue weighted by Crippen LogP contribution is 2.36. The van der Waals surface area contributed by atoms with Gasteiger partial charge in [-0.2, -0.15) is 0 Å². The van der Waals surface area contributed by atoms with Crippen molar-refractivity contribution in [1.82, 2.24) is 0 Å². The molecule has 2 aromatic rings. The zero-order valence-electron chi connectivity index (χ0n) is 16.9. The van der Waals surface area contributed by atoms with Gasteiger partial charge in [0, 0.05) is 23.1 Å². The summed E-state index contributed by atoms with van der Waals surface area (Å²) in [5, 5.41) is 5.69. The van der Waals surface area contributed by atoms with Gasteiger partial charge in [0.2, 0.25) is 11.8 Å². The van der Waals surface area contributed by atoms with Gasteiger partial charge < -0.3 is 20.1 Å². The molecule has 0 saturated carbocycles. The van der Waals surface area contributed by atoms with E-state index in [9.17, 15) is 9.59 Å². The smallest absolute Gasteiger partial charge is 0.237 e. The molecule has 8 heteroatoms. The quantitative estimate of drug-likeness (QED) is 0.527. The van der Waals surface area contributed by atoms with Crippen molar-refractivity contribution in [2.24, 2.45) is 0 Å². The normalized spacial score (nSPS) is 11.5. The van der Waals surface area contributed by atoms with Gasteiger partial charge in [0.1, 0.15) is 11.5 Å². The predicted octanol–water partition coefficient (Wildman–Crippen LogP) is 5.22. The summed E-state index contributed by atoms with van der Waals surface area (Å²) in [6, 6.07) is 10.6. The molecule has 29 heavy (non-hydrogen) atoms. The number of hydrogen-bond acceptors (Lipinski definition) is 5. The Labute approximate surface area is 180 Å². The number of amides is 2. The van der Waals surface area contributed by atoms with Crippen molar-refractivity contribution in [3.63, 3.8) is 0 Å². The van der Waals surface area contributed by atoms with Gasteiger partial charge >= 0.3 is 0 Å². The van der Waals surface area contributed by atoms with E-state index in [4.69, 9.17) is 21.1 Å². The Kier molecular flexibility index (Phi) is 8.67. The van der Waals surface area contributed by atoms with E-state index in [0.717, 1.165) is 11.3 Å². The number of rotatable bonds is 9. The van der Waals surface area contributed by atoms with E-state index in [1.54, 1.807) is 19.1 Å². The average molecular weight is 437 g/mol. The molecule has 1 unspecified atom stereocenters. The fourth-order valence-electron chi connectivity index (χ4n) is 2.55. The van der Waals surface area contributed by atoms with Gasteiger partial charge in [-0.1, -0.05) is 24.6 Å². The zero-order valence-corrected chi connectivity index (χ0v) is 18.4. The van der Waals surface area contributed by atoms with E-state index >= 15 is 0 Å². The van der Waals surface area contributed by atoms with E-state index in [-0.39, 0.29) is 17.1 Å². The first-order chi connectivity index (χ1) is 13.9. The molecule has 6 nitrogen and oxygen atoms in total. The molecule has 156 valence electrons. The van der Waals surface area contributed by atoms with Crippen LogP contribution in [0.1, 0.15) is 26.7 Å². The summed E-state index contributed by atoms with van der Waals surface area (Å²) in [4.78, 5) is 25.3. The maximum atomic E-state index is 12.7. The van der Waals surface area contributed by atoms with Crippen LogP contribution < -0.4 is 20.1 Å². The summed E-state index contributed by atoms with van der Waals surface area (Å²) in [5.41, 5.74) is 1.18. The molecule has 2 N–H and O–H groups in total. The molecule has 2 rings (SSSR count). The van der Waals surface area contributed by atoms with Gasteiger partial charge in [-0.05, 0) is 37.6 Å². The molecule has 0 aliphatic rings. The minimum Gasteiger partial charge on any atom is -0.495 e. The molecular weight excluding hydrogens is 412 g/mol. The Morgan fingerprint density at radius 3 is 2.48 bits per heavy atom. The van der Waals surface area contributed by atoms with E-state index in [1.165, 1.54) is 26.0 Å². The van der Waals surface area contributed by atoms with Crippen LogP contribution in [0.5, 0.6) is 11.5 Å². The predicted molar refractivity (Wildman–Crippen MR) is 118 cm³/mol. The maximum absolute atomic E-state index is 12.7. The summed E-state index contributed by atoms with van der Waals surface area (Å²) in [5.74, 6) is 0.696. The number of carbonyl (C=O) groups is 2. The molecule has 0 aliphatic carbocycles. The largest absolute Gasteiger partial charge is 0.495 e. The Hall–Kier alpha value is -2.38. The summed E-state index contributed by atoms with van der Waals surface area (Å²) in [6.45, 7) is 3.76. The van der Waals surface area contributed by atoms with Gasteiger partial charge in [0.25, 0.3) is 0 Å². The number of ether oxygens (including phenoxy) is 2. The van der Waals surface area contributed by atoms with Crippen molar-refractivity contribution in [2.45, 2.75) is 36.8 Å². The second-order valence-electron chi connectivity index (χ2n) is 6.26. The lowest BCUT2D eigenvalue weighted by Gasteiger charge is -2.16. The SMILES string of the molecule is CCCC(=O)Nc1cccc(SC(C)C(=O)Nc2cc(Cl)c(OC)cc2OC)c1. The fourth-order valence-corrected chi connectivity index (χ4v) is 3.71. The minimum atomic E-state index is -0.387. The molecule has 0 aliphatic heterocycles. The Morgan fingerprint density at radius 1 is 1.10 bits per heavy atom. The summed E-state index contributed by atoms with van der Waals surface area (Å²) >= 11 is 7.55. The Balaban J connectivity index is 2.06. The highest BCUT2D eigenvalue weighted by molar-refractivity contribution is 8.00. The molecule has 0 bridgehead atoms. The van der Waals surface area contributed by atoms with Gasteiger partial charge in [-0.15, -0.1) is 11.8 Å². The number of thioether (sulfide) groups is 1. The van der Waals surface area contributed by atoms with Gasteiger partial charge in [-0.3, -0.25) is 9.59 Å². The third kappa shape index (κ3) is 6.58. The lowest BCUT2D eigenvalue weighted by molar-refractivity contribution is -0.116. The van der Waals surface area contributed by atoms with E-state index < -0.39 is 0 Å². The van der Waals surface area contributed by atoms with Crippen LogP contribution in [-0.2, 0) is 9.59 Å². The van der Waals surface area contributed by atoms with Crippen molar-refractivity contribution >= 4 is 46.6 Å². The second-order valence-corrected chi connectivity index (χ2v) is 8.08. The summed E-state index contributed by atoms with van der Waals surface area (Å²) in [7, 11) is 3.02. The van der Waals surface area contributed by atoms with Crippen molar-refractivity contribution in [3.05, 3.63) is 41.4 Å². The van der Waals surface area contributed by atoms with E-state index in [1.807, 2.05) is 31.2 Å². The monoisotopic (exact) mass is 436 g/mol. The van der Waals surface area contributed by atoms with Crippen molar-refractivity contribution in [1.29, 1.82) is 0 Å². The van der Waals surface area contributed by atoms with Crippen LogP contribution in [0.25, 0.3) is 0 Å². The van der Waals surface area contributed by atoms with Crippen LogP contribution in [0.4, 0.5) is 11.4 Å². The molecule has 2 aromatic carbocycles. The standard InChI is InChI=1S/C21H25ClN2O4S/c1-5-7-20(25)23-14-8-6-9-15(10-14)29-13(2)21(26)24-17-11-16(22)18(27-3)12-19(17)28-4/h6,8-13H,5,7H2,1-4H3,(H,23,25)(H,24,26). The first-order valence-corrected chi connectivity index (χ1v) is 10.4. The fraction of sp³-hybridized carbons (Fsp3) is 0.333.